The predicted molar refractivity (Wildman–Crippen MR) is 168 cm³/mol. The minimum absolute atomic E-state index is 0. The van der Waals surface area contributed by atoms with Gasteiger partial charge in [0.15, 0.2) is 0 Å². The molecule has 2 N–H and O–H groups in total. The van der Waals surface area contributed by atoms with Crippen LogP contribution in [0.1, 0.15) is 34.5 Å². The Balaban J connectivity index is 0.00000210. The molecular weight excluding hydrogens is 529 g/mol. The van der Waals surface area contributed by atoms with E-state index in [2.05, 4.69) is 106 Å². The topological polar surface area (TPSA) is 50.9 Å². The fraction of sp³-hybridized carbons (Fsp3) is 0.387. The van der Waals surface area contributed by atoms with Crippen molar-refractivity contribution in [2.45, 2.75) is 19.9 Å². The number of rotatable bonds is 6. The van der Waals surface area contributed by atoms with Gasteiger partial charge in [-0.25, -0.2) is 0 Å². The molecule has 8 heteroatoms. The molecule has 6 nitrogen and oxygen atoms in total. The quantitative estimate of drug-likeness (QED) is 0.429. The van der Waals surface area contributed by atoms with Crippen molar-refractivity contribution in [3.8, 4) is 11.1 Å². The van der Waals surface area contributed by atoms with E-state index in [9.17, 15) is 4.79 Å². The summed E-state index contributed by atoms with van der Waals surface area (Å²) in [5, 5.41) is 6.65. The summed E-state index contributed by atoms with van der Waals surface area (Å²) in [4.78, 5) is 20.5. The van der Waals surface area contributed by atoms with Crippen LogP contribution >= 0.6 is 24.8 Å². The number of amides is 1. The van der Waals surface area contributed by atoms with Crippen LogP contribution in [0.5, 0.6) is 0 Å². The van der Waals surface area contributed by atoms with Gasteiger partial charge < -0.3 is 25.3 Å². The number of benzene rings is 3. The van der Waals surface area contributed by atoms with Crippen molar-refractivity contribution in [3.05, 3.63) is 83.4 Å². The Bertz CT molecular complexity index is 1220. The van der Waals surface area contributed by atoms with E-state index < -0.39 is 0 Å². The third-order valence-electron chi connectivity index (χ3n) is 7.75. The van der Waals surface area contributed by atoms with Gasteiger partial charge in [-0.3, -0.25) is 4.79 Å². The molecule has 2 saturated heterocycles. The van der Waals surface area contributed by atoms with Gasteiger partial charge in [0.25, 0.3) is 5.91 Å². The van der Waals surface area contributed by atoms with Gasteiger partial charge >= 0.3 is 0 Å². The Morgan fingerprint density at radius 2 is 1.44 bits per heavy atom. The molecule has 3 aromatic carbocycles. The minimum atomic E-state index is -0.0979. The molecule has 2 heterocycles. The smallest absolute Gasteiger partial charge is 0.252 e. The predicted octanol–water partition coefficient (Wildman–Crippen LogP) is 5.16. The van der Waals surface area contributed by atoms with Crippen molar-refractivity contribution in [2.75, 3.05) is 69.2 Å². The minimum Gasteiger partial charge on any atom is -0.369 e. The molecule has 210 valence electrons. The fourth-order valence-electron chi connectivity index (χ4n) is 5.25. The Labute approximate surface area is 245 Å². The summed E-state index contributed by atoms with van der Waals surface area (Å²) < 4.78 is 0. The molecule has 2 aliphatic rings. The third-order valence-corrected chi connectivity index (χ3v) is 7.75. The molecule has 0 aliphatic carbocycles. The summed E-state index contributed by atoms with van der Waals surface area (Å²) in [6, 6.07) is 23.5. The summed E-state index contributed by atoms with van der Waals surface area (Å²) in [6.45, 7) is 12.3. The number of piperazine rings is 2. The van der Waals surface area contributed by atoms with Gasteiger partial charge in [0.1, 0.15) is 0 Å². The second kappa shape index (κ2) is 14.0. The number of carbonyl (C=O) groups excluding carboxylic acids is 1. The van der Waals surface area contributed by atoms with E-state index in [0.29, 0.717) is 0 Å². The number of hydrogen-bond acceptors (Lipinski definition) is 5. The number of likely N-dealkylation sites (N-methyl/N-ethyl adjacent to an activating group) is 1. The number of nitrogens with one attached hydrogen (secondary N) is 2. The van der Waals surface area contributed by atoms with Crippen LogP contribution in [0.25, 0.3) is 11.1 Å². The van der Waals surface area contributed by atoms with Crippen LogP contribution in [0.2, 0.25) is 0 Å². The van der Waals surface area contributed by atoms with E-state index in [-0.39, 0.29) is 36.8 Å². The molecule has 2 aliphatic heterocycles. The van der Waals surface area contributed by atoms with E-state index in [1.165, 1.54) is 16.8 Å². The maximum absolute atomic E-state index is 13.3. The summed E-state index contributed by atoms with van der Waals surface area (Å²) in [6.07, 6.45) is 0. The molecule has 5 rings (SSSR count). The first-order chi connectivity index (χ1) is 18.0. The highest BCUT2D eigenvalue weighted by Crippen LogP contribution is 2.27. The standard InChI is InChI=1S/C31H39N5O.2ClH/c1-23-7-10-29(36-19-17-34(3)18-20-36)22-30(23)31(37)33-24(2)26-5-4-6-27(21-26)25-8-11-28(12-9-25)35-15-13-32-14-16-35;;/h4-12,21-22,24,32H,13-20H2,1-3H3,(H,33,37);2*1H/t24-;;/m1../s1. The molecule has 0 bridgehead atoms. The Morgan fingerprint density at radius 1 is 0.795 bits per heavy atom. The highest BCUT2D eigenvalue weighted by molar-refractivity contribution is 5.97. The molecule has 3 aromatic rings. The van der Waals surface area contributed by atoms with Crippen LogP contribution in [0, 0.1) is 6.92 Å². The zero-order valence-corrected chi connectivity index (χ0v) is 24.8. The van der Waals surface area contributed by atoms with Crippen molar-refractivity contribution in [1.29, 1.82) is 0 Å². The third kappa shape index (κ3) is 7.46. The Hall–Kier alpha value is -2.77. The summed E-state index contributed by atoms with van der Waals surface area (Å²) in [5.41, 5.74) is 7.61. The van der Waals surface area contributed by atoms with Crippen molar-refractivity contribution in [1.82, 2.24) is 15.5 Å². The maximum Gasteiger partial charge on any atom is 0.252 e. The van der Waals surface area contributed by atoms with Gasteiger partial charge in [0.05, 0.1) is 6.04 Å². The van der Waals surface area contributed by atoms with Crippen molar-refractivity contribution in [3.63, 3.8) is 0 Å². The summed E-state index contributed by atoms with van der Waals surface area (Å²) >= 11 is 0. The van der Waals surface area contributed by atoms with Gasteiger partial charge in [-0.15, -0.1) is 24.8 Å². The van der Waals surface area contributed by atoms with Gasteiger partial charge in [-0.2, -0.15) is 0 Å². The van der Waals surface area contributed by atoms with Crippen LogP contribution in [0.15, 0.2) is 66.7 Å². The van der Waals surface area contributed by atoms with Gasteiger partial charge in [0.2, 0.25) is 0 Å². The lowest BCUT2D eigenvalue weighted by molar-refractivity contribution is 0.0939. The molecule has 0 spiro atoms. The number of halogens is 2. The molecule has 1 amide bonds. The Morgan fingerprint density at radius 3 is 2.13 bits per heavy atom. The van der Waals surface area contributed by atoms with E-state index >= 15 is 0 Å². The lowest BCUT2D eigenvalue weighted by Crippen LogP contribution is -2.44. The van der Waals surface area contributed by atoms with Crippen LogP contribution in [-0.2, 0) is 0 Å². The second-order valence-electron chi connectivity index (χ2n) is 10.4. The molecule has 0 radical (unpaired) electrons. The number of hydrogen-bond donors (Lipinski definition) is 2. The first-order valence-corrected chi connectivity index (χ1v) is 13.5. The van der Waals surface area contributed by atoms with Crippen LogP contribution in [0.4, 0.5) is 11.4 Å². The molecular formula is C31H41Cl2N5O. The molecule has 0 aromatic heterocycles. The first-order valence-electron chi connectivity index (χ1n) is 13.5. The van der Waals surface area contributed by atoms with Gasteiger partial charge in [0, 0.05) is 69.3 Å². The molecule has 0 unspecified atom stereocenters. The van der Waals surface area contributed by atoms with E-state index in [4.69, 9.17) is 0 Å². The average molecular weight is 571 g/mol. The van der Waals surface area contributed by atoms with Crippen LogP contribution < -0.4 is 20.4 Å². The molecule has 0 saturated carbocycles. The first kappa shape index (κ1) is 30.8. The second-order valence-corrected chi connectivity index (χ2v) is 10.4. The SMILES string of the molecule is Cc1ccc(N2CCN(C)CC2)cc1C(=O)N[C@H](C)c1cccc(-c2ccc(N3CCNCC3)cc2)c1.Cl.Cl. The zero-order valence-electron chi connectivity index (χ0n) is 23.2. The van der Waals surface area contributed by atoms with Crippen molar-refractivity contribution in [2.24, 2.45) is 0 Å². The summed E-state index contributed by atoms with van der Waals surface area (Å²) in [5.74, 6) is -0.0215. The number of aryl methyl sites for hydroxylation is 1. The van der Waals surface area contributed by atoms with Crippen LogP contribution in [-0.4, -0.2) is 70.2 Å². The lowest BCUT2D eigenvalue weighted by atomic mass is 9.99. The van der Waals surface area contributed by atoms with Crippen LogP contribution in [0.3, 0.4) is 0 Å². The highest BCUT2D eigenvalue weighted by Gasteiger charge is 2.19. The number of nitrogens with zero attached hydrogens (tertiary/aromatic N) is 3. The molecule has 39 heavy (non-hydrogen) atoms. The Kier molecular flexibility index (Phi) is 11.1. The van der Waals surface area contributed by atoms with Crippen molar-refractivity contribution < 1.29 is 4.79 Å². The molecule has 1 atom stereocenters. The normalized spacial score (nSPS) is 16.6. The number of carbonyl (C=O) groups is 1. The summed E-state index contributed by atoms with van der Waals surface area (Å²) in [7, 11) is 2.16. The fourth-order valence-corrected chi connectivity index (χ4v) is 5.25. The highest BCUT2D eigenvalue weighted by atomic mass is 35.5. The lowest BCUT2D eigenvalue weighted by Gasteiger charge is -2.34. The van der Waals surface area contributed by atoms with E-state index in [0.717, 1.165) is 74.7 Å². The van der Waals surface area contributed by atoms with Crippen molar-refractivity contribution >= 4 is 42.1 Å². The maximum atomic E-state index is 13.3. The van der Waals surface area contributed by atoms with Gasteiger partial charge in [-0.1, -0.05) is 36.4 Å². The average Bonchev–Trinajstić information content (AvgIpc) is 2.94. The largest absolute Gasteiger partial charge is 0.369 e. The van der Waals surface area contributed by atoms with E-state index in [1.54, 1.807) is 0 Å². The van der Waals surface area contributed by atoms with E-state index in [1.807, 2.05) is 6.92 Å². The molecule has 2 fully saturated rings. The number of anilines is 2. The van der Waals surface area contributed by atoms with Gasteiger partial charge in [-0.05, 0) is 73.5 Å². The zero-order chi connectivity index (χ0) is 25.8. The monoisotopic (exact) mass is 569 g/mol.